The van der Waals surface area contributed by atoms with Crippen LogP contribution in [0.15, 0.2) is 71.6 Å². The van der Waals surface area contributed by atoms with Crippen molar-refractivity contribution >= 4 is 21.6 Å². The van der Waals surface area contributed by atoms with Gasteiger partial charge in [0.2, 0.25) is 0 Å². The van der Waals surface area contributed by atoms with Crippen molar-refractivity contribution in [2.45, 2.75) is 24.8 Å². The van der Waals surface area contributed by atoms with Crippen molar-refractivity contribution in [1.82, 2.24) is 5.32 Å². The van der Waals surface area contributed by atoms with Crippen molar-refractivity contribution in [3.05, 3.63) is 89.2 Å². The van der Waals surface area contributed by atoms with Crippen LogP contribution in [-0.4, -0.2) is 21.4 Å². The van der Waals surface area contributed by atoms with E-state index in [0.717, 1.165) is 5.56 Å². The lowest BCUT2D eigenvalue weighted by Gasteiger charge is -2.16. The summed E-state index contributed by atoms with van der Waals surface area (Å²) in [6, 6.07) is 16.5. The van der Waals surface area contributed by atoms with Gasteiger partial charge in [0.25, 0.3) is 15.9 Å². The Morgan fingerprint density at radius 1 is 1.03 bits per heavy atom. The van der Waals surface area contributed by atoms with Crippen molar-refractivity contribution in [2.24, 2.45) is 0 Å². The molecule has 1 atom stereocenters. The van der Waals surface area contributed by atoms with Crippen LogP contribution >= 0.6 is 0 Å². The maximum atomic E-state index is 13.1. The quantitative estimate of drug-likeness (QED) is 0.567. The van der Waals surface area contributed by atoms with E-state index < -0.39 is 15.9 Å². The van der Waals surface area contributed by atoms with Gasteiger partial charge in [-0.3, -0.25) is 9.52 Å². The molecule has 0 aliphatic rings. The Bertz CT molecular complexity index is 1190. The molecule has 31 heavy (non-hydrogen) atoms. The Labute approximate surface area is 181 Å². The number of hydrogen-bond donors (Lipinski definition) is 2. The van der Waals surface area contributed by atoms with Crippen molar-refractivity contribution in [3.63, 3.8) is 0 Å². The number of rotatable bonds is 7. The summed E-state index contributed by atoms with van der Waals surface area (Å²) >= 11 is 0. The van der Waals surface area contributed by atoms with Crippen LogP contribution in [0.2, 0.25) is 0 Å². The number of aryl methyl sites for hydroxylation is 1. The molecule has 3 aromatic rings. The van der Waals surface area contributed by atoms with E-state index in [9.17, 15) is 17.6 Å². The Morgan fingerprint density at radius 3 is 2.39 bits per heavy atom. The van der Waals surface area contributed by atoms with Gasteiger partial charge in [-0.1, -0.05) is 30.3 Å². The Balaban J connectivity index is 1.85. The minimum absolute atomic E-state index is 0.0134. The predicted molar refractivity (Wildman–Crippen MR) is 117 cm³/mol. The van der Waals surface area contributed by atoms with Crippen LogP contribution in [0, 0.1) is 12.7 Å². The molecule has 162 valence electrons. The summed E-state index contributed by atoms with van der Waals surface area (Å²) in [5.74, 6) is -0.422. The monoisotopic (exact) mass is 442 g/mol. The molecular formula is C23H23FN2O4S. The minimum Gasteiger partial charge on any atom is -0.495 e. The van der Waals surface area contributed by atoms with Gasteiger partial charge in [-0.05, 0) is 61.4 Å². The smallest absolute Gasteiger partial charge is 0.262 e. The van der Waals surface area contributed by atoms with Gasteiger partial charge in [-0.25, -0.2) is 12.8 Å². The molecule has 1 unspecified atom stereocenters. The lowest BCUT2D eigenvalue weighted by atomic mass is 10.1. The van der Waals surface area contributed by atoms with E-state index in [2.05, 4.69) is 10.0 Å². The van der Waals surface area contributed by atoms with Crippen LogP contribution in [0.25, 0.3) is 0 Å². The van der Waals surface area contributed by atoms with Crippen LogP contribution in [-0.2, 0) is 10.0 Å². The standard InChI is InChI=1S/C23H23FN2O4S/c1-15-8-9-18(23(27)25-16(2)17-10-12-19(24)13-11-17)14-22(15)31(28,29)26-20-6-4-5-7-21(20)30-3/h4-14,16,26H,1-3H3,(H,25,27). The first-order valence-electron chi connectivity index (χ1n) is 9.54. The summed E-state index contributed by atoms with van der Waals surface area (Å²) in [7, 11) is -2.52. The first-order valence-corrected chi connectivity index (χ1v) is 11.0. The number of para-hydroxylation sites is 2. The number of benzene rings is 3. The highest BCUT2D eigenvalue weighted by molar-refractivity contribution is 7.92. The minimum atomic E-state index is -3.97. The number of hydrogen-bond acceptors (Lipinski definition) is 4. The predicted octanol–water partition coefficient (Wildman–Crippen LogP) is 4.43. The van der Waals surface area contributed by atoms with Crippen LogP contribution in [0.4, 0.5) is 10.1 Å². The number of sulfonamides is 1. The molecule has 3 aromatic carbocycles. The molecule has 0 aliphatic carbocycles. The molecule has 0 bridgehead atoms. The normalized spacial score (nSPS) is 12.1. The third-order valence-corrected chi connectivity index (χ3v) is 6.32. The molecule has 0 aliphatic heterocycles. The van der Waals surface area contributed by atoms with Gasteiger partial charge in [-0.15, -0.1) is 0 Å². The lowest BCUT2D eigenvalue weighted by Crippen LogP contribution is -2.27. The number of anilines is 1. The van der Waals surface area contributed by atoms with Crippen LogP contribution in [0.3, 0.4) is 0 Å². The molecule has 3 rings (SSSR count). The van der Waals surface area contributed by atoms with Crippen LogP contribution < -0.4 is 14.8 Å². The van der Waals surface area contributed by atoms with Gasteiger partial charge < -0.3 is 10.1 Å². The number of methoxy groups -OCH3 is 1. The average molecular weight is 443 g/mol. The summed E-state index contributed by atoms with van der Waals surface area (Å²) in [5, 5.41) is 2.80. The topological polar surface area (TPSA) is 84.5 Å². The van der Waals surface area contributed by atoms with Crippen molar-refractivity contribution < 1.29 is 22.3 Å². The molecule has 0 saturated heterocycles. The maximum absolute atomic E-state index is 13.1. The SMILES string of the molecule is COc1ccccc1NS(=O)(=O)c1cc(C(=O)NC(C)c2ccc(F)cc2)ccc1C. The molecule has 0 radical (unpaired) electrons. The van der Waals surface area contributed by atoms with Crippen LogP contribution in [0.5, 0.6) is 5.75 Å². The van der Waals surface area contributed by atoms with E-state index in [1.165, 1.54) is 25.3 Å². The second-order valence-corrected chi connectivity index (χ2v) is 8.68. The Kier molecular flexibility index (Phi) is 6.60. The van der Waals surface area contributed by atoms with E-state index >= 15 is 0 Å². The molecule has 0 fully saturated rings. The number of halogens is 1. The fourth-order valence-electron chi connectivity index (χ4n) is 3.07. The molecule has 2 N–H and O–H groups in total. The number of ether oxygens (including phenoxy) is 1. The highest BCUT2D eigenvalue weighted by Crippen LogP contribution is 2.27. The van der Waals surface area contributed by atoms with Crippen LogP contribution in [0.1, 0.15) is 34.5 Å². The van der Waals surface area contributed by atoms with Gasteiger partial charge in [-0.2, -0.15) is 0 Å². The largest absolute Gasteiger partial charge is 0.495 e. The van der Waals surface area contributed by atoms with Gasteiger partial charge in [0.05, 0.1) is 23.7 Å². The van der Waals surface area contributed by atoms with E-state index in [1.54, 1.807) is 62.4 Å². The number of amides is 1. The second-order valence-electron chi connectivity index (χ2n) is 7.03. The van der Waals surface area contributed by atoms with Gasteiger partial charge in [0, 0.05) is 5.56 Å². The Hall–Kier alpha value is -3.39. The molecule has 8 heteroatoms. The Morgan fingerprint density at radius 2 is 1.71 bits per heavy atom. The number of carbonyl (C=O) groups is 1. The lowest BCUT2D eigenvalue weighted by molar-refractivity contribution is 0.0939. The molecule has 0 aromatic heterocycles. The van der Waals surface area contributed by atoms with E-state index in [4.69, 9.17) is 4.74 Å². The third-order valence-electron chi connectivity index (χ3n) is 4.81. The average Bonchev–Trinajstić information content (AvgIpc) is 2.74. The molecule has 0 heterocycles. The van der Waals surface area contributed by atoms with Gasteiger partial charge >= 0.3 is 0 Å². The second kappa shape index (κ2) is 9.18. The van der Waals surface area contributed by atoms with E-state index in [1.807, 2.05) is 0 Å². The first-order chi connectivity index (χ1) is 14.7. The van der Waals surface area contributed by atoms with Crippen molar-refractivity contribution in [1.29, 1.82) is 0 Å². The molecular weight excluding hydrogens is 419 g/mol. The first kappa shape index (κ1) is 22.3. The van der Waals surface area contributed by atoms with E-state index in [0.29, 0.717) is 17.0 Å². The zero-order valence-electron chi connectivity index (χ0n) is 17.3. The third kappa shape index (κ3) is 5.21. The molecule has 1 amide bonds. The van der Waals surface area contributed by atoms with Crippen molar-refractivity contribution in [3.8, 4) is 5.75 Å². The zero-order valence-corrected chi connectivity index (χ0v) is 18.2. The summed E-state index contributed by atoms with van der Waals surface area (Å²) < 4.78 is 46.8. The number of carbonyl (C=O) groups excluding carboxylic acids is 1. The zero-order chi connectivity index (χ0) is 22.6. The molecule has 0 spiro atoms. The van der Waals surface area contributed by atoms with Gasteiger partial charge in [0.15, 0.2) is 0 Å². The highest BCUT2D eigenvalue weighted by atomic mass is 32.2. The molecule has 0 saturated carbocycles. The van der Waals surface area contributed by atoms with Crippen molar-refractivity contribution in [2.75, 3.05) is 11.8 Å². The fourth-order valence-corrected chi connectivity index (χ4v) is 4.42. The summed E-state index contributed by atoms with van der Waals surface area (Å²) in [6.07, 6.45) is 0. The summed E-state index contributed by atoms with van der Waals surface area (Å²) in [6.45, 7) is 3.42. The summed E-state index contributed by atoms with van der Waals surface area (Å²) in [5.41, 5.74) is 1.71. The fraction of sp³-hybridized carbons (Fsp3) is 0.174. The summed E-state index contributed by atoms with van der Waals surface area (Å²) in [4.78, 5) is 12.7. The maximum Gasteiger partial charge on any atom is 0.262 e. The van der Waals surface area contributed by atoms with E-state index in [-0.39, 0.29) is 22.3 Å². The molecule has 6 nitrogen and oxygen atoms in total. The number of nitrogens with one attached hydrogen (secondary N) is 2. The highest BCUT2D eigenvalue weighted by Gasteiger charge is 2.21. The van der Waals surface area contributed by atoms with Gasteiger partial charge in [0.1, 0.15) is 11.6 Å².